The molecule has 0 aromatic heterocycles. The molecular weight excluding hydrogens is 314 g/mol. The van der Waals surface area contributed by atoms with Gasteiger partial charge in [0.1, 0.15) is 0 Å². The number of nitrogens with zero attached hydrogens (tertiary/aromatic N) is 1. The first-order chi connectivity index (χ1) is 12.0. The predicted molar refractivity (Wildman–Crippen MR) is 105 cm³/mol. The molecular formula is C20H35N3O2. The van der Waals surface area contributed by atoms with Gasteiger partial charge in [-0.2, -0.15) is 0 Å². The monoisotopic (exact) mass is 349 g/mol. The topological polar surface area (TPSA) is 54.9 Å². The lowest BCUT2D eigenvalue weighted by molar-refractivity contribution is 0.0698. The molecule has 1 aromatic rings. The molecule has 0 aliphatic carbocycles. The van der Waals surface area contributed by atoms with Crippen LogP contribution in [-0.4, -0.2) is 52.5 Å². The first-order valence-electron chi connectivity index (χ1n) is 9.16. The second-order valence-corrected chi connectivity index (χ2v) is 6.78. The number of nitrogens with one attached hydrogen (secondary N) is 2. The highest BCUT2D eigenvalue weighted by Crippen LogP contribution is 2.26. The van der Waals surface area contributed by atoms with Crippen LogP contribution in [0.5, 0.6) is 0 Å². The van der Waals surface area contributed by atoms with Crippen molar-refractivity contribution in [1.29, 1.82) is 0 Å². The molecule has 0 fully saturated rings. The standard InChI is InChI=1S/C20H35N3O2/c1-6-21-19(22-12-9-13-25-15-14-24-5)23-16-20(3,4)18-11-8-7-10-17(18)2/h7-8,10-11H,6,9,12-16H2,1-5H3,(H2,21,22,23). The summed E-state index contributed by atoms with van der Waals surface area (Å²) < 4.78 is 10.4. The summed E-state index contributed by atoms with van der Waals surface area (Å²) in [6.45, 7) is 13.2. The average Bonchev–Trinajstić information content (AvgIpc) is 2.59. The lowest BCUT2D eigenvalue weighted by atomic mass is 9.82. The number of guanidine groups is 1. The molecule has 0 amide bonds. The van der Waals surface area contributed by atoms with Crippen molar-refractivity contribution in [3.8, 4) is 0 Å². The minimum atomic E-state index is -0.00302. The van der Waals surface area contributed by atoms with Gasteiger partial charge in [0.2, 0.25) is 0 Å². The zero-order valence-electron chi connectivity index (χ0n) is 16.5. The summed E-state index contributed by atoms with van der Waals surface area (Å²) in [5, 5.41) is 6.69. The van der Waals surface area contributed by atoms with Crippen molar-refractivity contribution in [2.45, 2.75) is 39.5 Å². The first-order valence-corrected chi connectivity index (χ1v) is 9.16. The van der Waals surface area contributed by atoms with E-state index in [-0.39, 0.29) is 5.41 Å². The largest absolute Gasteiger partial charge is 0.382 e. The normalized spacial score (nSPS) is 12.3. The van der Waals surface area contributed by atoms with Gasteiger partial charge in [0, 0.05) is 32.2 Å². The highest BCUT2D eigenvalue weighted by Gasteiger charge is 2.22. The van der Waals surface area contributed by atoms with Crippen molar-refractivity contribution < 1.29 is 9.47 Å². The molecule has 0 heterocycles. The van der Waals surface area contributed by atoms with Crippen LogP contribution in [0.1, 0.15) is 38.3 Å². The summed E-state index contributed by atoms with van der Waals surface area (Å²) >= 11 is 0. The van der Waals surface area contributed by atoms with E-state index in [1.807, 2.05) is 0 Å². The quantitative estimate of drug-likeness (QED) is 0.366. The number of methoxy groups -OCH3 is 1. The summed E-state index contributed by atoms with van der Waals surface area (Å²) in [5.41, 5.74) is 2.66. The zero-order valence-corrected chi connectivity index (χ0v) is 16.5. The van der Waals surface area contributed by atoms with E-state index in [2.05, 4.69) is 62.6 Å². The summed E-state index contributed by atoms with van der Waals surface area (Å²) in [4.78, 5) is 4.78. The number of hydrogen-bond donors (Lipinski definition) is 2. The van der Waals surface area contributed by atoms with Gasteiger partial charge in [-0.3, -0.25) is 4.99 Å². The Labute approximate surface area is 153 Å². The maximum absolute atomic E-state index is 5.48. The van der Waals surface area contributed by atoms with Gasteiger partial charge in [-0.05, 0) is 31.4 Å². The van der Waals surface area contributed by atoms with Gasteiger partial charge in [-0.15, -0.1) is 0 Å². The molecule has 0 aliphatic heterocycles. The van der Waals surface area contributed by atoms with Crippen molar-refractivity contribution in [1.82, 2.24) is 10.6 Å². The molecule has 0 saturated carbocycles. The number of aliphatic imine (C=N–C) groups is 1. The molecule has 2 N–H and O–H groups in total. The van der Waals surface area contributed by atoms with Crippen molar-refractivity contribution in [3.05, 3.63) is 35.4 Å². The van der Waals surface area contributed by atoms with E-state index in [9.17, 15) is 0 Å². The molecule has 0 radical (unpaired) electrons. The minimum Gasteiger partial charge on any atom is -0.382 e. The van der Waals surface area contributed by atoms with Gasteiger partial charge >= 0.3 is 0 Å². The highest BCUT2D eigenvalue weighted by atomic mass is 16.5. The molecule has 142 valence electrons. The highest BCUT2D eigenvalue weighted by molar-refractivity contribution is 5.79. The van der Waals surface area contributed by atoms with Gasteiger partial charge in [-0.1, -0.05) is 38.1 Å². The van der Waals surface area contributed by atoms with Crippen molar-refractivity contribution in [2.75, 3.05) is 46.6 Å². The molecule has 0 bridgehead atoms. The number of ether oxygens (including phenoxy) is 2. The molecule has 0 saturated heterocycles. The molecule has 0 atom stereocenters. The molecule has 1 rings (SSSR count). The van der Waals surface area contributed by atoms with E-state index in [4.69, 9.17) is 14.5 Å². The number of rotatable bonds is 11. The van der Waals surface area contributed by atoms with Crippen LogP contribution in [0.25, 0.3) is 0 Å². The first kappa shape index (κ1) is 21.5. The van der Waals surface area contributed by atoms with Crippen LogP contribution in [0.3, 0.4) is 0 Å². The van der Waals surface area contributed by atoms with E-state index in [0.717, 1.165) is 38.6 Å². The van der Waals surface area contributed by atoms with E-state index in [0.29, 0.717) is 13.2 Å². The predicted octanol–water partition coefficient (Wildman–Crippen LogP) is 2.88. The Kier molecular flexibility index (Phi) is 10.2. The van der Waals surface area contributed by atoms with Crippen molar-refractivity contribution >= 4 is 5.96 Å². The number of hydrogen-bond acceptors (Lipinski definition) is 3. The molecule has 5 heteroatoms. The second-order valence-electron chi connectivity index (χ2n) is 6.78. The molecule has 1 aromatic carbocycles. The SMILES string of the molecule is CCNC(=NCC(C)(C)c1ccccc1C)NCCCOCCOC. The van der Waals surface area contributed by atoms with Crippen LogP contribution in [0.4, 0.5) is 0 Å². The molecule has 5 nitrogen and oxygen atoms in total. The third-order valence-electron chi connectivity index (χ3n) is 4.04. The minimum absolute atomic E-state index is 0.00302. The van der Waals surface area contributed by atoms with Crippen LogP contribution in [-0.2, 0) is 14.9 Å². The average molecular weight is 350 g/mol. The fourth-order valence-electron chi connectivity index (χ4n) is 2.66. The van der Waals surface area contributed by atoms with E-state index in [1.165, 1.54) is 11.1 Å². The molecule has 0 aliphatic rings. The van der Waals surface area contributed by atoms with Crippen LogP contribution < -0.4 is 10.6 Å². The Morgan fingerprint density at radius 2 is 1.88 bits per heavy atom. The summed E-state index contributed by atoms with van der Waals surface area (Å²) in [6.07, 6.45) is 0.940. The maximum Gasteiger partial charge on any atom is 0.191 e. The van der Waals surface area contributed by atoms with Gasteiger partial charge in [0.25, 0.3) is 0 Å². The third-order valence-corrected chi connectivity index (χ3v) is 4.04. The van der Waals surface area contributed by atoms with Gasteiger partial charge in [0.05, 0.1) is 19.8 Å². The molecule has 25 heavy (non-hydrogen) atoms. The van der Waals surface area contributed by atoms with Crippen LogP contribution >= 0.6 is 0 Å². The Balaban J connectivity index is 2.50. The Morgan fingerprint density at radius 1 is 1.12 bits per heavy atom. The lowest BCUT2D eigenvalue weighted by Gasteiger charge is -2.25. The van der Waals surface area contributed by atoms with Crippen LogP contribution in [0.15, 0.2) is 29.3 Å². The van der Waals surface area contributed by atoms with Gasteiger partial charge in [-0.25, -0.2) is 0 Å². The van der Waals surface area contributed by atoms with E-state index < -0.39 is 0 Å². The molecule has 0 spiro atoms. The van der Waals surface area contributed by atoms with Gasteiger partial charge in [0.15, 0.2) is 5.96 Å². The Bertz CT molecular complexity index is 515. The van der Waals surface area contributed by atoms with E-state index >= 15 is 0 Å². The number of benzene rings is 1. The Morgan fingerprint density at radius 3 is 2.56 bits per heavy atom. The summed E-state index contributed by atoms with van der Waals surface area (Å²) in [7, 11) is 1.68. The summed E-state index contributed by atoms with van der Waals surface area (Å²) in [6, 6.07) is 8.54. The fraction of sp³-hybridized carbons (Fsp3) is 0.650. The number of aryl methyl sites for hydroxylation is 1. The Hall–Kier alpha value is -1.59. The van der Waals surface area contributed by atoms with Crippen molar-refractivity contribution in [3.63, 3.8) is 0 Å². The molecule has 0 unspecified atom stereocenters. The van der Waals surface area contributed by atoms with Crippen molar-refractivity contribution in [2.24, 2.45) is 4.99 Å². The fourth-order valence-corrected chi connectivity index (χ4v) is 2.66. The smallest absolute Gasteiger partial charge is 0.191 e. The van der Waals surface area contributed by atoms with Gasteiger partial charge < -0.3 is 20.1 Å². The van der Waals surface area contributed by atoms with Crippen LogP contribution in [0, 0.1) is 6.92 Å². The van der Waals surface area contributed by atoms with E-state index in [1.54, 1.807) is 7.11 Å². The lowest BCUT2D eigenvalue weighted by Crippen LogP contribution is -2.39. The second kappa shape index (κ2) is 11.9. The zero-order chi connectivity index (χ0) is 18.5. The maximum atomic E-state index is 5.48. The third kappa shape index (κ3) is 8.36. The summed E-state index contributed by atoms with van der Waals surface area (Å²) in [5.74, 6) is 0.862. The van der Waals surface area contributed by atoms with Crippen LogP contribution in [0.2, 0.25) is 0 Å².